The molecule has 2 saturated heterocycles. The molecule has 0 radical (unpaired) electrons. The third-order valence-corrected chi connectivity index (χ3v) is 8.78. The van der Waals surface area contributed by atoms with E-state index < -0.39 is 11.7 Å². The standard InChI is InChI=1S/C25H28FN7O2S/c26-21-15-35-12-7-25(21,6-8-27)33-19-5-11-29-24(34)22(19)23(31-33)30-17-1-2-20-16(13-17)14-32(36-20)18-3-9-28-10-4-18/h1-2,5,11,13,18,21,28H,3-4,6-7,9-10,12,14-15H2,(H,29,34)(H,30,31)/t21?,25-/m1/s1. The number of aromatic nitrogens is 3. The molecular weight excluding hydrogens is 481 g/mol. The lowest BCUT2D eigenvalue weighted by molar-refractivity contribution is -0.0511. The Morgan fingerprint density at radius 3 is 3.00 bits per heavy atom. The molecule has 0 amide bonds. The maximum absolute atomic E-state index is 15.3. The summed E-state index contributed by atoms with van der Waals surface area (Å²) < 4.78 is 24.6. The van der Waals surface area contributed by atoms with Gasteiger partial charge in [-0.15, -0.1) is 0 Å². The van der Waals surface area contributed by atoms with Crippen molar-refractivity contribution in [3.63, 3.8) is 0 Å². The quantitative estimate of drug-likeness (QED) is 0.449. The lowest BCUT2D eigenvalue weighted by Crippen LogP contribution is -2.49. The van der Waals surface area contributed by atoms with Gasteiger partial charge in [0.1, 0.15) is 17.1 Å². The third kappa shape index (κ3) is 3.98. The average molecular weight is 510 g/mol. The molecule has 9 nitrogen and oxygen atoms in total. The van der Waals surface area contributed by atoms with Crippen molar-refractivity contribution in [3.8, 4) is 6.07 Å². The van der Waals surface area contributed by atoms with Gasteiger partial charge in [-0.25, -0.2) is 8.70 Å². The van der Waals surface area contributed by atoms with Crippen molar-refractivity contribution in [1.82, 2.24) is 24.4 Å². The number of ether oxygens (including phenoxy) is 1. The molecule has 3 aliphatic rings. The lowest BCUT2D eigenvalue weighted by atomic mass is 9.85. The van der Waals surface area contributed by atoms with E-state index in [2.05, 4.69) is 38.1 Å². The number of fused-ring (bicyclic) bond motifs is 2. The first-order chi connectivity index (χ1) is 17.6. The van der Waals surface area contributed by atoms with E-state index in [-0.39, 0.29) is 18.6 Å². The van der Waals surface area contributed by atoms with Gasteiger partial charge in [0.25, 0.3) is 5.56 Å². The summed E-state index contributed by atoms with van der Waals surface area (Å²) >= 11 is 1.81. The van der Waals surface area contributed by atoms with Gasteiger partial charge in [0, 0.05) is 36.0 Å². The molecule has 1 aromatic carbocycles. The summed E-state index contributed by atoms with van der Waals surface area (Å²) in [5, 5.41) is 21.3. The molecule has 188 valence electrons. The summed E-state index contributed by atoms with van der Waals surface area (Å²) in [6, 6.07) is 10.6. The summed E-state index contributed by atoms with van der Waals surface area (Å²) in [5.41, 5.74) is 1.03. The van der Waals surface area contributed by atoms with Gasteiger partial charge in [-0.05, 0) is 74.1 Å². The van der Waals surface area contributed by atoms with E-state index in [1.165, 1.54) is 16.7 Å². The second-order valence-corrected chi connectivity index (χ2v) is 10.7. The number of piperidine rings is 1. The van der Waals surface area contributed by atoms with Crippen LogP contribution in [0.5, 0.6) is 0 Å². The number of pyridine rings is 1. The highest BCUT2D eigenvalue weighted by Gasteiger charge is 2.46. The van der Waals surface area contributed by atoms with E-state index in [4.69, 9.17) is 9.84 Å². The zero-order valence-corrected chi connectivity index (χ0v) is 20.6. The number of hydrogen-bond acceptors (Lipinski definition) is 8. The summed E-state index contributed by atoms with van der Waals surface area (Å²) in [6.45, 7) is 3.18. The molecular formula is C25H28FN7O2S. The number of nitrogens with zero attached hydrogens (tertiary/aromatic N) is 4. The van der Waals surface area contributed by atoms with Crippen LogP contribution in [0.25, 0.3) is 10.9 Å². The summed E-state index contributed by atoms with van der Waals surface area (Å²) in [5.74, 6) is 0.351. The Balaban J connectivity index is 1.35. The largest absolute Gasteiger partial charge is 0.378 e. The first-order valence-corrected chi connectivity index (χ1v) is 13.1. The smallest absolute Gasteiger partial charge is 0.261 e. The number of anilines is 2. The number of H-pyrrole nitrogens is 1. The van der Waals surface area contributed by atoms with Crippen LogP contribution in [-0.4, -0.2) is 57.6 Å². The van der Waals surface area contributed by atoms with Gasteiger partial charge in [-0.2, -0.15) is 10.4 Å². The Morgan fingerprint density at radius 1 is 1.33 bits per heavy atom. The monoisotopic (exact) mass is 509 g/mol. The third-order valence-electron chi connectivity index (χ3n) is 7.52. The predicted molar refractivity (Wildman–Crippen MR) is 136 cm³/mol. The second-order valence-electron chi connectivity index (χ2n) is 9.65. The SMILES string of the molecule is N#CC[C@@]1(n2nc(Nc3ccc4c(c3)CN(C3CCNCC3)S4)c3c(=O)[nH]ccc32)CCOCC1F. The van der Waals surface area contributed by atoms with Crippen molar-refractivity contribution in [2.75, 3.05) is 31.6 Å². The summed E-state index contributed by atoms with van der Waals surface area (Å²) in [4.78, 5) is 16.8. The first kappa shape index (κ1) is 23.5. The van der Waals surface area contributed by atoms with Crippen LogP contribution in [0, 0.1) is 11.3 Å². The number of hydrogen-bond donors (Lipinski definition) is 3. The van der Waals surface area contributed by atoms with Crippen molar-refractivity contribution >= 4 is 34.4 Å². The molecule has 1 unspecified atom stereocenters. The van der Waals surface area contributed by atoms with Crippen LogP contribution in [0.15, 0.2) is 40.2 Å². The van der Waals surface area contributed by atoms with Gasteiger partial charge in [-0.1, -0.05) is 0 Å². The Morgan fingerprint density at radius 2 is 2.19 bits per heavy atom. The Labute approximate surface area is 212 Å². The number of nitrogens with one attached hydrogen (secondary N) is 3. The fourth-order valence-electron chi connectivity index (χ4n) is 5.53. The lowest BCUT2D eigenvalue weighted by Gasteiger charge is -2.38. The molecule has 0 spiro atoms. The molecule has 3 aliphatic heterocycles. The number of alkyl halides is 1. The van der Waals surface area contributed by atoms with E-state index in [0.29, 0.717) is 35.8 Å². The first-order valence-electron chi connectivity index (χ1n) is 12.3. The number of nitriles is 1. The molecule has 0 aliphatic carbocycles. The fourth-order valence-corrected chi connectivity index (χ4v) is 6.72. The maximum Gasteiger partial charge on any atom is 0.261 e. The molecule has 2 aromatic heterocycles. The average Bonchev–Trinajstić information content (AvgIpc) is 3.49. The summed E-state index contributed by atoms with van der Waals surface area (Å²) in [6.07, 6.45) is 2.63. The van der Waals surface area contributed by atoms with Crippen LogP contribution in [0.4, 0.5) is 15.9 Å². The topological polar surface area (TPSA) is 111 Å². The molecule has 0 saturated carbocycles. The maximum atomic E-state index is 15.3. The van der Waals surface area contributed by atoms with Crippen LogP contribution in [0.3, 0.4) is 0 Å². The van der Waals surface area contributed by atoms with E-state index in [9.17, 15) is 10.1 Å². The van der Waals surface area contributed by atoms with Gasteiger partial charge in [-0.3, -0.25) is 9.48 Å². The van der Waals surface area contributed by atoms with Gasteiger partial charge in [0.05, 0.1) is 24.6 Å². The van der Waals surface area contributed by atoms with Crippen LogP contribution in [0.1, 0.15) is 31.2 Å². The number of benzene rings is 1. The predicted octanol–water partition coefficient (Wildman–Crippen LogP) is 3.41. The Hall–Kier alpha value is -2.91. The molecule has 6 rings (SSSR count). The molecule has 5 heterocycles. The zero-order valence-electron chi connectivity index (χ0n) is 19.8. The minimum atomic E-state index is -1.42. The highest BCUT2D eigenvalue weighted by molar-refractivity contribution is 7.97. The van der Waals surface area contributed by atoms with Gasteiger partial charge in [0.2, 0.25) is 0 Å². The minimum Gasteiger partial charge on any atom is -0.378 e. The normalized spacial score (nSPS) is 25.1. The zero-order chi connectivity index (χ0) is 24.7. The van der Waals surface area contributed by atoms with E-state index in [0.717, 1.165) is 38.2 Å². The molecule has 36 heavy (non-hydrogen) atoms. The number of aromatic amines is 1. The fraction of sp³-hybridized carbons (Fsp3) is 0.480. The highest BCUT2D eigenvalue weighted by atomic mass is 32.2. The molecule has 0 bridgehead atoms. The van der Waals surface area contributed by atoms with E-state index in [1.807, 2.05) is 18.0 Å². The summed E-state index contributed by atoms with van der Waals surface area (Å²) in [7, 11) is 0. The molecule has 2 fully saturated rings. The Bertz CT molecular complexity index is 1380. The van der Waals surface area contributed by atoms with Crippen molar-refractivity contribution in [1.29, 1.82) is 5.26 Å². The molecule has 2 atom stereocenters. The minimum absolute atomic E-state index is 0.0663. The van der Waals surface area contributed by atoms with Crippen molar-refractivity contribution in [2.24, 2.45) is 0 Å². The second kappa shape index (κ2) is 9.52. The van der Waals surface area contributed by atoms with Crippen LogP contribution in [0.2, 0.25) is 0 Å². The van der Waals surface area contributed by atoms with E-state index in [1.54, 1.807) is 10.7 Å². The van der Waals surface area contributed by atoms with Crippen molar-refractivity contribution < 1.29 is 9.13 Å². The molecule has 11 heteroatoms. The molecule has 3 N–H and O–H groups in total. The Kier molecular flexibility index (Phi) is 6.21. The van der Waals surface area contributed by atoms with Gasteiger partial charge < -0.3 is 20.4 Å². The van der Waals surface area contributed by atoms with Crippen molar-refractivity contribution in [3.05, 3.63) is 46.4 Å². The van der Waals surface area contributed by atoms with E-state index >= 15 is 4.39 Å². The van der Waals surface area contributed by atoms with Crippen LogP contribution >= 0.6 is 11.9 Å². The number of rotatable bonds is 5. The number of halogens is 1. The van der Waals surface area contributed by atoms with Gasteiger partial charge >= 0.3 is 0 Å². The highest BCUT2D eigenvalue weighted by Crippen LogP contribution is 2.41. The molecule has 3 aromatic rings. The van der Waals surface area contributed by atoms with Crippen molar-refractivity contribution in [2.45, 2.75) is 54.9 Å². The van der Waals surface area contributed by atoms with Crippen LogP contribution < -0.4 is 16.2 Å². The van der Waals surface area contributed by atoms with Crippen LogP contribution in [-0.2, 0) is 16.8 Å². The van der Waals surface area contributed by atoms with Gasteiger partial charge in [0.15, 0.2) is 5.82 Å².